The molecule has 2 aliphatic rings. The van der Waals surface area contributed by atoms with Crippen LogP contribution in [0.15, 0.2) is 0 Å². The van der Waals surface area contributed by atoms with Crippen LogP contribution in [0.4, 0.5) is 0 Å². The molecule has 0 radical (unpaired) electrons. The van der Waals surface area contributed by atoms with Gasteiger partial charge in [0.2, 0.25) is 5.91 Å². The summed E-state index contributed by atoms with van der Waals surface area (Å²) >= 11 is 0. The van der Waals surface area contributed by atoms with Gasteiger partial charge in [0.05, 0.1) is 0 Å². The van der Waals surface area contributed by atoms with E-state index in [1.54, 1.807) is 0 Å². The monoisotopic (exact) mass is 224 g/mol. The summed E-state index contributed by atoms with van der Waals surface area (Å²) in [6.45, 7) is 8.65. The molecule has 1 aliphatic heterocycles. The van der Waals surface area contributed by atoms with Crippen molar-refractivity contribution in [2.24, 2.45) is 17.3 Å². The van der Waals surface area contributed by atoms with Crippen LogP contribution < -0.4 is 10.6 Å². The molecule has 2 rings (SSSR count). The molecule has 1 saturated heterocycles. The van der Waals surface area contributed by atoms with E-state index in [0.717, 1.165) is 25.9 Å². The first kappa shape index (κ1) is 11.9. The fourth-order valence-corrected chi connectivity index (χ4v) is 2.67. The van der Waals surface area contributed by atoms with Crippen molar-refractivity contribution in [2.45, 2.75) is 46.1 Å². The minimum Gasteiger partial charge on any atom is -0.352 e. The van der Waals surface area contributed by atoms with Gasteiger partial charge in [0.1, 0.15) is 0 Å². The zero-order valence-corrected chi connectivity index (χ0v) is 10.7. The number of hydrogen-bond acceptors (Lipinski definition) is 2. The number of rotatable bonds is 3. The largest absolute Gasteiger partial charge is 0.352 e. The maximum absolute atomic E-state index is 12.1. The van der Waals surface area contributed by atoms with Gasteiger partial charge >= 0.3 is 0 Å². The van der Waals surface area contributed by atoms with Crippen LogP contribution in [0.3, 0.4) is 0 Å². The highest BCUT2D eigenvalue weighted by Crippen LogP contribution is 2.54. The predicted molar refractivity (Wildman–Crippen MR) is 65.1 cm³/mol. The quantitative estimate of drug-likeness (QED) is 0.763. The predicted octanol–water partition coefficient (Wildman–Crippen LogP) is 1.54. The second-order valence-corrected chi connectivity index (χ2v) is 5.85. The van der Waals surface area contributed by atoms with Gasteiger partial charge in [-0.1, -0.05) is 20.8 Å². The van der Waals surface area contributed by atoms with Crippen LogP contribution in [0, 0.1) is 17.3 Å². The van der Waals surface area contributed by atoms with Crippen LogP contribution in [0.1, 0.15) is 40.0 Å². The van der Waals surface area contributed by atoms with Gasteiger partial charge in [-0.2, -0.15) is 0 Å². The molecule has 92 valence electrons. The van der Waals surface area contributed by atoms with Crippen molar-refractivity contribution in [2.75, 3.05) is 13.1 Å². The topological polar surface area (TPSA) is 41.1 Å². The molecule has 1 aliphatic carbocycles. The Bertz CT molecular complexity index is 279. The van der Waals surface area contributed by atoms with Crippen molar-refractivity contribution in [3.63, 3.8) is 0 Å². The van der Waals surface area contributed by atoms with Crippen molar-refractivity contribution >= 4 is 5.91 Å². The van der Waals surface area contributed by atoms with E-state index < -0.39 is 0 Å². The maximum atomic E-state index is 12.1. The van der Waals surface area contributed by atoms with Gasteiger partial charge in [-0.05, 0) is 37.1 Å². The number of nitrogens with one attached hydrogen (secondary N) is 2. The Morgan fingerprint density at radius 3 is 2.88 bits per heavy atom. The summed E-state index contributed by atoms with van der Waals surface area (Å²) in [5.41, 5.74) is 0.287. The lowest BCUT2D eigenvalue weighted by Gasteiger charge is -2.30. The molecule has 3 nitrogen and oxygen atoms in total. The van der Waals surface area contributed by atoms with Gasteiger partial charge in [-0.15, -0.1) is 0 Å². The molecule has 0 bridgehead atoms. The Morgan fingerprint density at radius 1 is 1.56 bits per heavy atom. The van der Waals surface area contributed by atoms with E-state index in [4.69, 9.17) is 0 Å². The van der Waals surface area contributed by atoms with Gasteiger partial charge < -0.3 is 10.6 Å². The Labute approximate surface area is 98.4 Å². The minimum absolute atomic E-state index is 0.270. The highest BCUT2D eigenvalue weighted by atomic mass is 16.2. The molecule has 16 heavy (non-hydrogen) atoms. The molecular weight excluding hydrogens is 200 g/mol. The summed E-state index contributed by atoms with van der Waals surface area (Å²) < 4.78 is 0. The van der Waals surface area contributed by atoms with Crippen LogP contribution in [0.5, 0.6) is 0 Å². The van der Waals surface area contributed by atoms with Crippen molar-refractivity contribution in [1.82, 2.24) is 10.6 Å². The molecule has 2 fully saturated rings. The van der Waals surface area contributed by atoms with E-state index in [1.807, 2.05) is 0 Å². The van der Waals surface area contributed by atoms with Crippen LogP contribution in [-0.4, -0.2) is 25.0 Å². The summed E-state index contributed by atoms with van der Waals surface area (Å²) in [6, 6.07) is 0.336. The normalized spacial score (nSPS) is 42.8. The van der Waals surface area contributed by atoms with E-state index in [9.17, 15) is 4.79 Å². The number of amides is 1. The van der Waals surface area contributed by atoms with Gasteiger partial charge in [-0.3, -0.25) is 4.79 Å². The third-order valence-corrected chi connectivity index (χ3v) is 4.63. The second-order valence-electron chi connectivity index (χ2n) is 5.85. The van der Waals surface area contributed by atoms with Crippen molar-refractivity contribution in [1.29, 1.82) is 0 Å². The second kappa shape index (κ2) is 4.36. The minimum atomic E-state index is 0.270. The summed E-state index contributed by atoms with van der Waals surface area (Å²) in [7, 11) is 0. The fraction of sp³-hybridized carbons (Fsp3) is 0.923. The lowest BCUT2D eigenvalue weighted by atomic mass is 9.94. The van der Waals surface area contributed by atoms with Crippen molar-refractivity contribution < 1.29 is 4.79 Å². The van der Waals surface area contributed by atoms with Gasteiger partial charge in [0, 0.05) is 18.5 Å². The average Bonchev–Trinajstić information content (AvgIpc) is 2.95. The molecule has 1 saturated carbocycles. The highest BCUT2D eigenvalue weighted by molar-refractivity contribution is 5.82. The molecule has 4 unspecified atom stereocenters. The molecule has 0 aromatic rings. The van der Waals surface area contributed by atoms with E-state index in [2.05, 4.69) is 31.4 Å². The summed E-state index contributed by atoms with van der Waals surface area (Å²) in [4.78, 5) is 12.1. The van der Waals surface area contributed by atoms with Gasteiger partial charge in [-0.25, -0.2) is 0 Å². The van der Waals surface area contributed by atoms with E-state index in [1.165, 1.54) is 6.42 Å². The first-order chi connectivity index (χ1) is 7.57. The molecule has 3 heteroatoms. The van der Waals surface area contributed by atoms with Gasteiger partial charge in [0.15, 0.2) is 0 Å². The first-order valence-electron chi connectivity index (χ1n) is 6.58. The highest BCUT2D eigenvalue weighted by Gasteiger charge is 2.53. The van der Waals surface area contributed by atoms with E-state index in [-0.39, 0.29) is 17.2 Å². The third kappa shape index (κ3) is 2.24. The fourth-order valence-electron chi connectivity index (χ4n) is 2.67. The van der Waals surface area contributed by atoms with E-state index in [0.29, 0.717) is 12.0 Å². The van der Waals surface area contributed by atoms with Crippen LogP contribution in [0.2, 0.25) is 0 Å². The van der Waals surface area contributed by atoms with E-state index >= 15 is 0 Å². The molecule has 0 aromatic heterocycles. The van der Waals surface area contributed by atoms with Crippen LogP contribution in [-0.2, 0) is 4.79 Å². The Hall–Kier alpha value is -0.570. The average molecular weight is 224 g/mol. The first-order valence-corrected chi connectivity index (χ1v) is 6.58. The zero-order chi connectivity index (χ0) is 11.8. The maximum Gasteiger partial charge on any atom is 0.223 e. The number of hydrogen-bond donors (Lipinski definition) is 2. The van der Waals surface area contributed by atoms with Crippen molar-refractivity contribution in [3.05, 3.63) is 0 Å². The number of piperidine rings is 1. The number of carbonyl (C=O) groups is 1. The van der Waals surface area contributed by atoms with Crippen molar-refractivity contribution in [3.8, 4) is 0 Å². The lowest BCUT2D eigenvalue weighted by Crippen LogP contribution is -2.50. The molecule has 2 N–H and O–H groups in total. The molecule has 4 atom stereocenters. The van der Waals surface area contributed by atoms with Gasteiger partial charge in [0.25, 0.3) is 0 Å². The Kier molecular flexibility index (Phi) is 3.24. The Balaban J connectivity index is 1.84. The lowest BCUT2D eigenvalue weighted by molar-refractivity contribution is -0.124. The molecule has 1 amide bonds. The zero-order valence-electron chi connectivity index (χ0n) is 10.7. The van der Waals surface area contributed by atoms with Crippen LogP contribution in [0.25, 0.3) is 0 Å². The number of carbonyl (C=O) groups excluding carboxylic acids is 1. The van der Waals surface area contributed by atoms with Crippen LogP contribution >= 0.6 is 0 Å². The summed E-state index contributed by atoms with van der Waals surface area (Å²) in [5.74, 6) is 1.16. The smallest absolute Gasteiger partial charge is 0.223 e. The summed E-state index contributed by atoms with van der Waals surface area (Å²) in [6.07, 6.45) is 3.36. The standard InChI is InChI=1S/C13H24N2O/c1-4-13(3)7-10(13)12(16)15-11-8-14-6-5-9(11)2/h9-11,14H,4-8H2,1-3H3,(H,15,16). The Morgan fingerprint density at radius 2 is 2.31 bits per heavy atom. The third-order valence-electron chi connectivity index (χ3n) is 4.63. The molecular formula is C13H24N2O. The molecule has 0 spiro atoms. The summed E-state index contributed by atoms with van der Waals surface area (Å²) in [5, 5.41) is 6.57. The SMILES string of the molecule is CCC1(C)CC1C(=O)NC1CNCCC1C. The molecule has 1 heterocycles. The molecule has 0 aromatic carbocycles.